The first-order valence-electron chi connectivity index (χ1n) is 11.0. The third kappa shape index (κ3) is 7.55. The van der Waals surface area contributed by atoms with Crippen LogP contribution in [0.15, 0.2) is 70.2 Å². The third-order valence-corrected chi connectivity index (χ3v) is 4.62. The first kappa shape index (κ1) is 25.7. The smallest absolute Gasteiger partial charge is 0.329 e. The predicted molar refractivity (Wildman–Crippen MR) is 132 cm³/mol. The molecule has 0 fully saturated rings. The largest absolute Gasteiger partial charge is 0.492 e. The molecule has 11 heteroatoms. The van der Waals surface area contributed by atoms with E-state index in [1.807, 2.05) is 19.1 Å². The van der Waals surface area contributed by atoms with Crippen LogP contribution in [0.5, 0.6) is 5.75 Å². The van der Waals surface area contributed by atoms with Crippen molar-refractivity contribution in [3.05, 3.63) is 77.7 Å². The third-order valence-electron chi connectivity index (χ3n) is 4.62. The Balaban J connectivity index is 1.44. The van der Waals surface area contributed by atoms with Gasteiger partial charge in [0, 0.05) is 5.69 Å². The summed E-state index contributed by atoms with van der Waals surface area (Å²) in [7, 11) is 0. The quantitative estimate of drug-likeness (QED) is 0.216. The minimum atomic E-state index is -0.990. The van der Waals surface area contributed by atoms with Gasteiger partial charge in [-0.25, -0.2) is 5.43 Å². The second kappa shape index (κ2) is 12.5. The van der Waals surface area contributed by atoms with Gasteiger partial charge in [0.2, 0.25) is 0 Å². The summed E-state index contributed by atoms with van der Waals surface area (Å²) in [4.78, 5) is 48.1. The number of hydrogen-bond acceptors (Lipinski definition) is 7. The van der Waals surface area contributed by atoms with E-state index in [1.165, 1.54) is 6.21 Å². The van der Waals surface area contributed by atoms with Gasteiger partial charge in [0.1, 0.15) is 17.3 Å². The number of hydrogen-bond donors (Lipinski definition) is 4. The zero-order chi connectivity index (χ0) is 25.9. The van der Waals surface area contributed by atoms with Crippen LogP contribution in [0, 0.1) is 6.92 Å². The number of carbonyl (C=O) groups excluding carboxylic acids is 4. The number of furan rings is 1. The molecule has 0 aliphatic rings. The fourth-order valence-corrected chi connectivity index (χ4v) is 2.87. The molecule has 3 aromatic rings. The molecule has 0 atom stereocenters. The molecule has 1 heterocycles. The lowest BCUT2D eigenvalue weighted by Gasteiger charge is -2.10. The van der Waals surface area contributed by atoms with E-state index in [2.05, 4.69) is 26.5 Å². The van der Waals surface area contributed by atoms with Crippen LogP contribution in [0.1, 0.15) is 24.0 Å². The summed E-state index contributed by atoms with van der Waals surface area (Å²) in [6, 6.07) is 16.8. The Hall–Kier alpha value is -4.93. The molecule has 0 radical (unpaired) electrons. The molecule has 186 valence electrons. The molecule has 11 nitrogen and oxygen atoms in total. The molecule has 0 bridgehead atoms. The van der Waals surface area contributed by atoms with Crippen LogP contribution >= 0.6 is 0 Å². The van der Waals surface area contributed by atoms with Gasteiger partial charge in [0.25, 0.3) is 0 Å². The minimum Gasteiger partial charge on any atom is -0.492 e. The molecule has 0 aliphatic carbocycles. The van der Waals surface area contributed by atoms with E-state index < -0.39 is 23.6 Å². The van der Waals surface area contributed by atoms with Crippen molar-refractivity contribution in [1.82, 2.24) is 10.7 Å². The van der Waals surface area contributed by atoms with Gasteiger partial charge in [-0.3, -0.25) is 19.2 Å². The lowest BCUT2D eigenvalue weighted by molar-refractivity contribution is -0.136. The van der Waals surface area contributed by atoms with Gasteiger partial charge in [-0.15, -0.1) is 0 Å². The van der Waals surface area contributed by atoms with E-state index in [0.717, 1.165) is 5.56 Å². The normalized spacial score (nSPS) is 10.5. The van der Waals surface area contributed by atoms with E-state index >= 15 is 0 Å². The number of rotatable bonds is 8. The maximum absolute atomic E-state index is 12.1. The van der Waals surface area contributed by atoms with Crippen molar-refractivity contribution in [2.24, 2.45) is 5.10 Å². The summed E-state index contributed by atoms with van der Waals surface area (Å²) >= 11 is 0. The summed E-state index contributed by atoms with van der Waals surface area (Å²) in [5.74, 6) is -2.51. The maximum atomic E-state index is 12.1. The Kier molecular flexibility index (Phi) is 8.93. The topological polar surface area (TPSA) is 151 Å². The Morgan fingerprint density at radius 2 is 1.61 bits per heavy atom. The number of nitrogens with zero attached hydrogens (tertiary/aromatic N) is 1. The summed E-state index contributed by atoms with van der Waals surface area (Å²) < 4.78 is 10.9. The van der Waals surface area contributed by atoms with Crippen LogP contribution in [0.2, 0.25) is 0 Å². The zero-order valence-corrected chi connectivity index (χ0v) is 19.7. The van der Waals surface area contributed by atoms with Gasteiger partial charge in [-0.05, 0) is 50.2 Å². The average Bonchev–Trinajstić information content (AvgIpc) is 3.32. The molecule has 0 unspecified atom stereocenters. The molecule has 0 saturated heterocycles. The number of ether oxygens (including phenoxy) is 1. The molecular weight excluding hydrogens is 466 g/mol. The van der Waals surface area contributed by atoms with E-state index in [-0.39, 0.29) is 12.3 Å². The Morgan fingerprint density at radius 3 is 2.36 bits per heavy atom. The number of aryl methyl sites for hydroxylation is 1. The van der Waals surface area contributed by atoms with E-state index in [1.54, 1.807) is 55.5 Å². The van der Waals surface area contributed by atoms with Crippen molar-refractivity contribution >= 4 is 41.2 Å². The summed E-state index contributed by atoms with van der Waals surface area (Å²) in [5.41, 5.74) is 3.99. The Bertz CT molecular complexity index is 1270. The number of nitrogens with one attached hydrogen (secondary N) is 4. The fourth-order valence-electron chi connectivity index (χ4n) is 2.87. The molecule has 3 rings (SSSR count). The molecule has 4 N–H and O–H groups in total. The molecule has 0 saturated carbocycles. The SMILES string of the molecule is CCOc1ccccc1NC(=O)C(=O)N/N=C/c1ccc(CNC(=O)C(=O)Nc2ccc(C)cc2)o1. The number of hydrazone groups is 1. The van der Waals surface area contributed by atoms with Crippen LogP contribution in [-0.2, 0) is 25.7 Å². The molecule has 1 aromatic heterocycles. The van der Waals surface area contributed by atoms with Crippen LogP contribution < -0.4 is 26.1 Å². The standard InChI is InChI=1S/C25H25N5O6/c1-3-35-21-7-5-4-6-20(21)29-24(33)25(34)30-27-15-19-13-12-18(36-19)14-26-22(31)23(32)28-17-10-8-16(2)9-11-17/h4-13,15H,3,14H2,1-2H3,(H,26,31)(H,28,32)(H,29,33)(H,30,34)/b27-15+. The first-order chi connectivity index (χ1) is 17.4. The first-order valence-corrected chi connectivity index (χ1v) is 11.0. The van der Waals surface area contributed by atoms with Gasteiger partial charge in [-0.1, -0.05) is 29.8 Å². The lowest BCUT2D eigenvalue weighted by atomic mass is 10.2. The molecule has 36 heavy (non-hydrogen) atoms. The zero-order valence-electron chi connectivity index (χ0n) is 19.7. The highest BCUT2D eigenvalue weighted by atomic mass is 16.5. The molecule has 0 aliphatic heterocycles. The van der Waals surface area contributed by atoms with Gasteiger partial charge >= 0.3 is 23.6 Å². The molecule has 4 amide bonds. The van der Waals surface area contributed by atoms with Gasteiger partial charge < -0.3 is 25.1 Å². The van der Waals surface area contributed by atoms with Crippen molar-refractivity contribution in [3.63, 3.8) is 0 Å². The van der Waals surface area contributed by atoms with E-state index in [4.69, 9.17) is 9.15 Å². The Morgan fingerprint density at radius 1 is 0.889 bits per heavy atom. The number of carbonyl (C=O) groups is 4. The number of para-hydroxylation sites is 2. The highest BCUT2D eigenvalue weighted by molar-refractivity contribution is 6.40. The van der Waals surface area contributed by atoms with Gasteiger partial charge in [0.15, 0.2) is 0 Å². The number of anilines is 2. The lowest BCUT2D eigenvalue weighted by Crippen LogP contribution is -2.34. The molecular formula is C25H25N5O6. The fraction of sp³-hybridized carbons (Fsp3) is 0.160. The van der Waals surface area contributed by atoms with Crippen LogP contribution in [0.4, 0.5) is 11.4 Å². The van der Waals surface area contributed by atoms with E-state index in [0.29, 0.717) is 29.5 Å². The summed E-state index contributed by atoms with van der Waals surface area (Å²) in [5, 5.41) is 11.1. The highest BCUT2D eigenvalue weighted by Crippen LogP contribution is 2.23. The number of amides is 4. The second-order valence-corrected chi connectivity index (χ2v) is 7.39. The summed E-state index contributed by atoms with van der Waals surface area (Å²) in [6.07, 6.45) is 1.19. The number of benzene rings is 2. The monoisotopic (exact) mass is 491 g/mol. The summed E-state index contributed by atoms with van der Waals surface area (Å²) in [6.45, 7) is 4.08. The molecule has 2 aromatic carbocycles. The van der Waals surface area contributed by atoms with Gasteiger partial charge in [-0.2, -0.15) is 5.10 Å². The van der Waals surface area contributed by atoms with E-state index in [9.17, 15) is 19.2 Å². The van der Waals surface area contributed by atoms with Crippen molar-refractivity contribution in [3.8, 4) is 5.75 Å². The van der Waals surface area contributed by atoms with Crippen LogP contribution in [0.25, 0.3) is 0 Å². The predicted octanol–water partition coefficient (Wildman–Crippen LogP) is 2.33. The van der Waals surface area contributed by atoms with Crippen molar-refractivity contribution < 1.29 is 28.3 Å². The van der Waals surface area contributed by atoms with Crippen LogP contribution in [-0.4, -0.2) is 36.5 Å². The highest BCUT2D eigenvalue weighted by Gasteiger charge is 2.16. The Labute approximate surface area is 206 Å². The minimum absolute atomic E-state index is 0.0397. The van der Waals surface area contributed by atoms with Crippen molar-refractivity contribution in [1.29, 1.82) is 0 Å². The van der Waals surface area contributed by atoms with Crippen molar-refractivity contribution in [2.45, 2.75) is 20.4 Å². The van der Waals surface area contributed by atoms with Gasteiger partial charge in [0.05, 0.1) is 25.1 Å². The second-order valence-electron chi connectivity index (χ2n) is 7.39. The van der Waals surface area contributed by atoms with Crippen LogP contribution in [0.3, 0.4) is 0 Å². The maximum Gasteiger partial charge on any atom is 0.329 e. The average molecular weight is 492 g/mol. The van der Waals surface area contributed by atoms with Crippen molar-refractivity contribution in [2.75, 3.05) is 17.2 Å². The molecule has 0 spiro atoms.